The quantitative estimate of drug-likeness (QED) is 0.813. The van der Waals surface area contributed by atoms with Crippen molar-refractivity contribution in [3.05, 3.63) is 35.1 Å². The van der Waals surface area contributed by atoms with Crippen LogP contribution in [0.1, 0.15) is 15.9 Å². The molecular weight excluding hydrogens is 283 g/mol. The first-order valence-electron chi connectivity index (χ1n) is 6.29. The third kappa shape index (κ3) is 3.16. The van der Waals surface area contributed by atoms with Gasteiger partial charge in [-0.2, -0.15) is 4.31 Å². The molecule has 1 fully saturated rings. The molecule has 1 saturated heterocycles. The highest BCUT2D eigenvalue weighted by Gasteiger charge is 2.27. The molecule has 0 aromatic heterocycles. The maximum Gasteiger partial charge on any atom is 0.254 e. The number of rotatable bonds is 2. The normalized spacial score (nSPS) is 17.2. The molecule has 0 spiro atoms. The Balaban J connectivity index is 2.09. The number of aryl methyl sites for hydroxylation is 1. The summed E-state index contributed by atoms with van der Waals surface area (Å²) >= 11 is 0. The van der Waals surface area contributed by atoms with Gasteiger partial charge in [0.15, 0.2) is 0 Å². The Morgan fingerprint density at radius 1 is 1.20 bits per heavy atom. The topological polar surface area (TPSA) is 57.7 Å². The fraction of sp³-hybridized carbons (Fsp3) is 0.462. The van der Waals surface area contributed by atoms with Gasteiger partial charge in [0.25, 0.3) is 5.91 Å². The molecule has 110 valence electrons. The minimum absolute atomic E-state index is 0.185. The average molecular weight is 300 g/mol. The van der Waals surface area contributed by atoms with Gasteiger partial charge in [-0.1, -0.05) is 0 Å². The first-order chi connectivity index (χ1) is 9.29. The van der Waals surface area contributed by atoms with Crippen molar-refractivity contribution in [2.75, 3.05) is 32.4 Å². The fourth-order valence-electron chi connectivity index (χ4n) is 2.26. The number of halogens is 1. The van der Waals surface area contributed by atoms with Crippen molar-refractivity contribution in [3.8, 4) is 0 Å². The second kappa shape index (κ2) is 5.49. The SMILES string of the molecule is Cc1cc(F)ccc1C(=O)N1CCN(S(C)(=O)=O)CC1. The minimum Gasteiger partial charge on any atom is -0.336 e. The Morgan fingerprint density at radius 3 is 2.30 bits per heavy atom. The number of carbonyl (C=O) groups excluding carboxylic acids is 1. The molecule has 0 saturated carbocycles. The Morgan fingerprint density at radius 2 is 1.80 bits per heavy atom. The molecule has 1 aliphatic heterocycles. The molecule has 1 heterocycles. The number of sulfonamides is 1. The molecule has 0 radical (unpaired) electrons. The largest absolute Gasteiger partial charge is 0.336 e. The van der Waals surface area contributed by atoms with Crippen LogP contribution in [0.3, 0.4) is 0 Å². The number of benzene rings is 1. The van der Waals surface area contributed by atoms with Gasteiger partial charge >= 0.3 is 0 Å². The monoisotopic (exact) mass is 300 g/mol. The van der Waals surface area contributed by atoms with Gasteiger partial charge in [0.1, 0.15) is 5.82 Å². The second-order valence-corrected chi connectivity index (χ2v) is 6.90. The zero-order valence-corrected chi connectivity index (χ0v) is 12.3. The molecule has 20 heavy (non-hydrogen) atoms. The molecule has 0 atom stereocenters. The Labute approximate surface area is 118 Å². The van der Waals surface area contributed by atoms with E-state index in [1.165, 1.54) is 22.5 Å². The van der Waals surface area contributed by atoms with E-state index in [1.54, 1.807) is 11.8 Å². The van der Waals surface area contributed by atoms with E-state index in [9.17, 15) is 17.6 Å². The lowest BCUT2D eigenvalue weighted by atomic mass is 10.1. The van der Waals surface area contributed by atoms with E-state index < -0.39 is 10.0 Å². The van der Waals surface area contributed by atoms with Crippen LogP contribution in [-0.2, 0) is 10.0 Å². The van der Waals surface area contributed by atoms with Gasteiger partial charge in [0.2, 0.25) is 10.0 Å². The molecule has 1 aliphatic rings. The highest BCUT2D eigenvalue weighted by atomic mass is 32.2. The minimum atomic E-state index is -3.21. The first-order valence-corrected chi connectivity index (χ1v) is 8.14. The second-order valence-electron chi connectivity index (χ2n) is 4.91. The van der Waals surface area contributed by atoms with Crippen molar-refractivity contribution in [2.45, 2.75) is 6.92 Å². The van der Waals surface area contributed by atoms with Crippen LogP contribution in [0.15, 0.2) is 18.2 Å². The first kappa shape index (κ1) is 14.9. The molecule has 7 heteroatoms. The number of hydrogen-bond acceptors (Lipinski definition) is 3. The summed E-state index contributed by atoms with van der Waals surface area (Å²) in [4.78, 5) is 13.9. The standard InChI is InChI=1S/C13H17FN2O3S/c1-10-9-11(14)3-4-12(10)13(17)15-5-7-16(8-6-15)20(2,18)19/h3-4,9H,5-8H2,1-2H3. The molecule has 1 aromatic rings. The summed E-state index contributed by atoms with van der Waals surface area (Å²) in [6.07, 6.45) is 1.16. The van der Waals surface area contributed by atoms with Crippen LogP contribution in [0.25, 0.3) is 0 Å². The lowest BCUT2D eigenvalue weighted by Gasteiger charge is -2.33. The summed E-state index contributed by atoms with van der Waals surface area (Å²) in [7, 11) is -3.21. The third-order valence-electron chi connectivity index (χ3n) is 3.41. The van der Waals surface area contributed by atoms with Crippen LogP contribution in [0.4, 0.5) is 4.39 Å². The van der Waals surface area contributed by atoms with Crippen molar-refractivity contribution in [2.24, 2.45) is 0 Å². The molecule has 2 rings (SSSR count). The fourth-order valence-corrected chi connectivity index (χ4v) is 3.09. The highest BCUT2D eigenvalue weighted by molar-refractivity contribution is 7.88. The summed E-state index contributed by atoms with van der Waals surface area (Å²) in [6.45, 7) is 2.98. The number of hydrogen-bond donors (Lipinski definition) is 0. The predicted molar refractivity (Wildman–Crippen MR) is 73.5 cm³/mol. The van der Waals surface area contributed by atoms with Gasteiger partial charge < -0.3 is 4.90 Å². The molecule has 0 bridgehead atoms. The summed E-state index contributed by atoms with van der Waals surface area (Å²) in [6, 6.07) is 4.04. The van der Waals surface area contributed by atoms with Crippen molar-refractivity contribution in [3.63, 3.8) is 0 Å². The number of piperazine rings is 1. The molecule has 0 N–H and O–H groups in total. The Kier molecular flexibility index (Phi) is 4.10. The lowest BCUT2D eigenvalue weighted by Crippen LogP contribution is -2.50. The van der Waals surface area contributed by atoms with E-state index in [0.717, 1.165) is 6.26 Å². The maximum atomic E-state index is 13.0. The van der Waals surface area contributed by atoms with Crippen molar-refractivity contribution in [1.82, 2.24) is 9.21 Å². The number of amides is 1. The van der Waals surface area contributed by atoms with Crippen molar-refractivity contribution < 1.29 is 17.6 Å². The van der Waals surface area contributed by atoms with E-state index in [1.807, 2.05) is 0 Å². The summed E-state index contributed by atoms with van der Waals surface area (Å²) in [5, 5.41) is 0. The molecule has 0 aliphatic carbocycles. The van der Waals surface area contributed by atoms with Gasteiger partial charge in [-0.15, -0.1) is 0 Å². The van der Waals surface area contributed by atoms with Gasteiger partial charge in [-0.05, 0) is 30.7 Å². The molecule has 1 aromatic carbocycles. The van der Waals surface area contributed by atoms with Crippen LogP contribution in [-0.4, -0.2) is 56.0 Å². The van der Waals surface area contributed by atoms with Crippen LogP contribution in [0.2, 0.25) is 0 Å². The van der Waals surface area contributed by atoms with E-state index in [-0.39, 0.29) is 11.7 Å². The lowest BCUT2D eigenvalue weighted by molar-refractivity contribution is 0.0697. The van der Waals surface area contributed by atoms with Crippen LogP contribution >= 0.6 is 0 Å². The van der Waals surface area contributed by atoms with E-state index in [0.29, 0.717) is 37.3 Å². The highest BCUT2D eigenvalue weighted by Crippen LogP contribution is 2.15. The van der Waals surface area contributed by atoms with Gasteiger partial charge in [-0.3, -0.25) is 4.79 Å². The summed E-state index contributed by atoms with van der Waals surface area (Å²) in [5.74, 6) is -0.559. The Hall–Kier alpha value is -1.47. The van der Waals surface area contributed by atoms with Gasteiger partial charge in [-0.25, -0.2) is 12.8 Å². The summed E-state index contributed by atoms with van der Waals surface area (Å²) in [5.41, 5.74) is 1.04. The third-order valence-corrected chi connectivity index (χ3v) is 4.72. The Bertz CT molecular complexity index is 623. The van der Waals surface area contributed by atoms with Crippen molar-refractivity contribution in [1.29, 1.82) is 0 Å². The predicted octanol–water partition coefficient (Wildman–Crippen LogP) is 0.852. The smallest absolute Gasteiger partial charge is 0.254 e. The number of carbonyl (C=O) groups is 1. The van der Waals surface area contributed by atoms with E-state index in [4.69, 9.17) is 0 Å². The van der Waals surface area contributed by atoms with Crippen LogP contribution < -0.4 is 0 Å². The van der Waals surface area contributed by atoms with Crippen molar-refractivity contribution >= 4 is 15.9 Å². The van der Waals surface area contributed by atoms with Gasteiger partial charge in [0.05, 0.1) is 6.26 Å². The molecule has 0 unspecified atom stereocenters. The maximum absolute atomic E-state index is 13.0. The summed E-state index contributed by atoms with van der Waals surface area (Å²) < 4.78 is 37.2. The number of nitrogens with zero attached hydrogens (tertiary/aromatic N) is 2. The van der Waals surface area contributed by atoms with E-state index in [2.05, 4.69) is 0 Å². The van der Waals surface area contributed by atoms with Crippen LogP contribution in [0, 0.1) is 12.7 Å². The molecule has 1 amide bonds. The zero-order chi connectivity index (χ0) is 14.9. The van der Waals surface area contributed by atoms with Crippen LogP contribution in [0.5, 0.6) is 0 Å². The molecule has 5 nitrogen and oxygen atoms in total. The van der Waals surface area contributed by atoms with E-state index >= 15 is 0 Å². The van der Waals surface area contributed by atoms with Gasteiger partial charge in [0, 0.05) is 31.7 Å². The zero-order valence-electron chi connectivity index (χ0n) is 11.5. The average Bonchev–Trinajstić information content (AvgIpc) is 2.37. The molecular formula is C13H17FN2O3S.